The molecule has 9 nitrogen and oxygen atoms in total. The van der Waals surface area contributed by atoms with Crippen LogP contribution in [0.4, 0.5) is 17.5 Å². The Kier molecular flexibility index (Phi) is 4.86. The van der Waals surface area contributed by atoms with E-state index in [1.807, 2.05) is 31.2 Å². The number of hydrogen-bond donors (Lipinski definition) is 1. The van der Waals surface area contributed by atoms with Gasteiger partial charge in [0.15, 0.2) is 0 Å². The van der Waals surface area contributed by atoms with Crippen molar-refractivity contribution in [1.29, 1.82) is 0 Å². The van der Waals surface area contributed by atoms with Crippen molar-refractivity contribution in [2.45, 2.75) is 6.92 Å². The predicted octanol–water partition coefficient (Wildman–Crippen LogP) is 2.77. The maximum Gasteiger partial charge on any atom is 0.228 e. The second-order valence-corrected chi connectivity index (χ2v) is 6.94. The van der Waals surface area contributed by atoms with Crippen LogP contribution < -0.4 is 10.2 Å². The van der Waals surface area contributed by atoms with Gasteiger partial charge in [-0.1, -0.05) is 0 Å². The quantitative estimate of drug-likeness (QED) is 0.554. The van der Waals surface area contributed by atoms with Crippen LogP contribution in [-0.4, -0.2) is 56.2 Å². The van der Waals surface area contributed by atoms with Crippen LogP contribution in [0, 0.1) is 6.92 Å². The summed E-state index contributed by atoms with van der Waals surface area (Å²) in [7, 11) is 0. The van der Waals surface area contributed by atoms with Crippen molar-refractivity contribution in [3.05, 3.63) is 54.9 Å². The summed E-state index contributed by atoms with van der Waals surface area (Å²) < 4.78 is 5.47. The first-order valence-corrected chi connectivity index (χ1v) is 9.73. The molecule has 0 atom stereocenters. The average molecular weight is 400 g/mol. The number of fused-ring (bicyclic) bond motifs is 1. The Bertz CT molecular complexity index is 1180. The summed E-state index contributed by atoms with van der Waals surface area (Å²) in [6.07, 6.45) is 6.93. The molecule has 5 rings (SSSR count). The van der Waals surface area contributed by atoms with Crippen molar-refractivity contribution in [2.75, 3.05) is 36.5 Å². The smallest absolute Gasteiger partial charge is 0.228 e. The van der Waals surface area contributed by atoms with Crippen molar-refractivity contribution in [2.24, 2.45) is 0 Å². The van der Waals surface area contributed by atoms with Gasteiger partial charge in [-0.05, 0) is 25.1 Å². The molecule has 1 aliphatic rings. The van der Waals surface area contributed by atoms with Gasteiger partial charge in [-0.3, -0.25) is 9.97 Å². The summed E-state index contributed by atoms with van der Waals surface area (Å²) >= 11 is 0. The molecule has 1 aliphatic heterocycles. The van der Waals surface area contributed by atoms with Gasteiger partial charge in [-0.25, -0.2) is 15.0 Å². The van der Waals surface area contributed by atoms with Crippen LogP contribution in [-0.2, 0) is 4.74 Å². The molecule has 0 aliphatic carbocycles. The fourth-order valence-electron chi connectivity index (χ4n) is 3.26. The number of hydrogen-bond acceptors (Lipinski definition) is 9. The van der Waals surface area contributed by atoms with E-state index >= 15 is 0 Å². The minimum absolute atomic E-state index is 0.652. The lowest BCUT2D eigenvalue weighted by Crippen LogP contribution is -2.37. The largest absolute Gasteiger partial charge is 0.378 e. The van der Waals surface area contributed by atoms with Gasteiger partial charge in [0, 0.05) is 55.2 Å². The zero-order chi connectivity index (χ0) is 20.3. The van der Waals surface area contributed by atoms with Crippen molar-refractivity contribution in [3.63, 3.8) is 0 Å². The minimum atomic E-state index is 0.652. The topological polar surface area (TPSA) is 102 Å². The molecule has 1 aromatic carbocycles. The van der Waals surface area contributed by atoms with Gasteiger partial charge in [-0.2, -0.15) is 4.98 Å². The van der Waals surface area contributed by atoms with Gasteiger partial charge in [-0.15, -0.1) is 0 Å². The van der Waals surface area contributed by atoms with E-state index in [0.29, 0.717) is 25.0 Å². The van der Waals surface area contributed by atoms with Gasteiger partial charge in [0.25, 0.3) is 0 Å². The first-order valence-electron chi connectivity index (χ1n) is 9.73. The SMILES string of the molecule is Cc1ncc(-c2cc(Nc3ccc4nccnc4c3)nc(N3CCOCC3)n2)cn1. The van der Waals surface area contributed by atoms with Crippen LogP contribution in [0.1, 0.15) is 5.82 Å². The molecule has 30 heavy (non-hydrogen) atoms. The highest BCUT2D eigenvalue weighted by atomic mass is 16.5. The van der Waals surface area contributed by atoms with E-state index in [-0.39, 0.29) is 0 Å². The Balaban J connectivity index is 1.53. The Hall–Kier alpha value is -3.72. The standard InChI is InChI=1S/C21H20N8O/c1-14-24-12-15(13-25-14)18-11-20(28-21(27-18)29-6-8-30-9-7-29)26-16-2-3-17-19(10-16)23-5-4-22-17/h2-5,10-13H,6-9H2,1H3,(H,26,27,28). The molecular formula is C21H20N8O. The van der Waals surface area contributed by atoms with E-state index in [1.165, 1.54) is 0 Å². The summed E-state index contributed by atoms with van der Waals surface area (Å²) in [5, 5.41) is 3.38. The second kappa shape index (κ2) is 7.96. The highest BCUT2D eigenvalue weighted by Gasteiger charge is 2.17. The number of ether oxygens (including phenoxy) is 1. The molecule has 4 aromatic rings. The highest BCUT2D eigenvalue weighted by molar-refractivity contribution is 5.79. The first kappa shape index (κ1) is 18.3. The molecule has 0 spiro atoms. The number of nitrogens with one attached hydrogen (secondary N) is 1. The normalized spacial score (nSPS) is 14.1. The van der Waals surface area contributed by atoms with Crippen molar-refractivity contribution in [1.82, 2.24) is 29.9 Å². The van der Waals surface area contributed by atoms with E-state index in [9.17, 15) is 0 Å². The van der Waals surface area contributed by atoms with Gasteiger partial charge in [0.1, 0.15) is 11.6 Å². The molecule has 0 saturated carbocycles. The third kappa shape index (κ3) is 3.87. The zero-order valence-electron chi connectivity index (χ0n) is 16.5. The summed E-state index contributed by atoms with van der Waals surface area (Å²) in [5.74, 6) is 2.06. The molecular weight excluding hydrogens is 380 g/mol. The number of rotatable bonds is 4. The number of anilines is 3. The molecule has 0 amide bonds. The lowest BCUT2D eigenvalue weighted by atomic mass is 10.2. The van der Waals surface area contributed by atoms with Gasteiger partial charge >= 0.3 is 0 Å². The highest BCUT2D eigenvalue weighted by Crippen LogP contribution is 2.25. The lowest BCUT2D eigenvalue weighted by molar-refractivity contribution is 0.122. The average Bonchev–Trinajstić information content (AvgIpc) is 2.80. The summed E-state index contributed by atoms with van der Waals surface area (Å²) in [6, 6.07) is 7.75. The molecule has 9 heteroatoms. The maximum atomic E-state index is 5.47. The van der Waals surface area contributed by atoms with Crippen LogP contribution in [0.2, 0.25) is 0 Å². The molecule has 0 radical (unpaired) electrons. The lowest BCUT2D eigenvalue weighted by Gasteiger charge is -2.27. The Morgan fingerprint density at radius 2 is 1.67 bits per heavy atom. The second-order valence-electron chi connectivity index (χ2n) is 6.94. The number of aromatic nitrogens is 6. The maximum absolute atomic E-state index is 5.47. The molecule has 3 aromatic heterocycles. The van der Waals surface area contributed by atoms with Crippen molar-refractivity contribution >= 4 is 28.5 Å². The van der Waals surface area contributed by atoms with E-state index in [2.05, 4.69) is 30.2 Å². The fraction of sp³-hybridized carbons (Fsp3) is 0.238. The summed E-state index contributed by atoms with van der Waals surface area (Å²) in [5.41, 5.74) is 4.13. The molecule has 4 heterocycles. The third-order valence-electron chi connectivity index (χ3n) is 4.83. The van der Waals surface area contributed by atoms with Crippen molar-refractivity contribution in [3.8, 4) is 11.3 Å². The zero-order valence-corrected chi connectivity index (χ0v) is 16.5. The molecule has 1 N–H and O–H groups in total. The third-order valence-corrected chi connectivity index (χ3v) is 4.83. The summed E-state index contributed by atoms with van der Waals surface area (Å²) in [4.78, 5) is 28.9. The molecule has 0 unspecified atom stereocenters. The van der Waals surface area contributed by atoms with Gasteiger partial charge < -0.3 is 15.0 Å². The van der Waals surface area contributed by atoms with Crippen molar-refractivity contribution < 1.29 is 4.74 Å². The molecule has 1 saturated heterocycles. The van der Waals surface area contributed by atoms with Crippen LogP contribution in [0.3, 0.4) is 0 Å². The van der Waals surface area contributed by atoms with E-state index in [1.54, 1.807) is 24.8 Å². The van der Waals surface area contributed by atoms with E-state index in [0.717, 1.165) is 46.9 Å². The number of aryl methyl sites for hydroxylation is 1. The monoisotopic (exact) mass is 400 g/mol. The van der Waals surface area contributed by atoms with Crippen LogP contribution >= 0.6 is 0 Å². The molecule has 150 valence electrons. The van der Waals surface area contributed by atoms with E-state index in [4.69, 9.17) is 14.7 Å². The van der Waals surface area contributed by atoms with Crippen LogP contribution in [0.5, 0.6) is 0 Å². The van der Waals surface area contributed by atoms with Crippen LogP contribution in [0.25, 0.3) is 22.3 Å². The summed E-state index contributed by atoms with van der Waals surface area (Å²) in [6.45, 7) is 4.68. The minimum Gasteiger partial charge on any atom is -0.378 e. The number of benzene rings is 1. The molecule has 1 fully saturated rings. The Labute approximate surface area is 173 Å². The van der Waals surface area contributed by atoms with Gasteiger partial charge in [0.2, 0.25) is 5.95 Å². The number of nitrogens with zero attached hydrogens (tertiary/aromatic N) is 7. The predicted molar refractivity (Wildman–Crippen MR) is 114 cm³/mol. The first-order chi connectivity index (χ1) is 14.7. The van der Waals surface area contributed by atoms with Crippen LogP contribution in [0.15, 0.2) is 49.1 Å². The van der Waals surface area contributed by atoms with E-state index < -0.39 is 0 Å². The Morgan fingerprint density at radius 3 is 2.47 bits per heavy atom. The fourth-order valence-corrected chi connectivity index (χ4v) is 3.26. The molecule has 0 bridgehead atoms. The number of morpholine rings is 1. The van der Waals surface area contributed by atoms with Gasteiger partial charge in [0.05, 0.1) is 29.9 Å². The Morgan fingerprint density at radius 1 is 0.900 bits per heavy atom.